The van der Waals surface area contributed by atoms with Gasteiger partial charge in [0.25, 0.3) is 0 Å². The van der Waals surface area contributed by atoms with Crippen LogP contribution in [0.25, 0.3) is 22.3 Å². The van der Waals surface area contributed by atoms with Crippen LogP contribution in [0.5, 0.6) is 11.5 Å². The smallest absolute Gasteiger partial charge is 0.343 e. The van der Waals surface area contributed by atoms with Gasteiger partial charge in [-0.1, -0.05) is 0 Å². The van der Waals surface area contributed by atoms with E-state index in [2.05, 4.69) is 0 Å². The molecule has 0 aliphatic rings. The van der Waals surface area contributed by atoms with E-state index < -0.39 is 11.9 Å². The highest BCUT2D eigenvalue weighted by Gasteiger charge is 2.24. The van der Waals surface area contributed by atoms with Crippen LogP contribution >= 0.6 is 0 Å². The van der Waals surface area contributed by atoms with E-state index in [1.807, 2.05) is 0 Å². The number of nitrogens with zero attached hydrogens (tertiary/aromatic N) is 1. The molecule has 1 aromatic heterocycles. The molecule has 34 heavy (non-hydrogen) atoms. The van der Waals surface area contributed by atoms with E-state index in [0.717, 1.165) is 0 Å². The second-order valence-corrected chi connectivity index (χ2v) is 7.12. The third-order valence-electron chi connectivity index (χ3n) is 5.03. The van der Waals surface area contributed by atoms with Gasteiger partial charge < -0.3 is 29.1 Å². The molecule has 1 heterocycles. The van der Waals surface area contributed by atoms with Crippen LogP contribution in [0, 0.1) is 5.21 Å². The lowest BCUT2D eigenvalue weighted by Crippen LogP contribution is -2.10. The summed E-state index contributed by atoms with van der Waals surface area (Å²) in [5.41, 5.74) is 1.41. The Morgan fingerprint density at radius 1 is 0.971 bits per heavy atom. The fourth-order valence-electron chi connectivity index (χ4n) is 3.38. The molecule has 0 radical (unpaired) electrons. The van der Waals surface area contributed by atoms with Crippen molar-refractivity contribution in [2.24, 2.45) is 0 Å². The van der Waals surface area contributed by atoms with Gasteiger partial charge in [-0.2, -0.15) is 0 Å². The highest BCUT2D eigenvalue weighted by atomic mass is 16.8. The number of ether oxygens (including phenoxy) is 3. The van der Waals surface area contributed by atoms with Crippen LogP contribution in [-0.2, 0) is 4.74 Å². The molecular formula is C25H20NO8-. The van der Waals surface area contributed by atoms with Crippen molar-refractivity contribution in [1.29, 1.82) is 0 Å². The Morgan fingerprint density at radius 2 is 1.65 bits per heavy atom. The molecule has 0 bridgehead atoms. The summed E-state index contributed by atoms with van der Waals surface area (Å²) in [6, 6.07) is 16.9. The second kappa shape index (κ2) is 9.65. The topological polar surface area (TPSA) is 122 Å². The average molecular weight is 462 g/mol. The van der Waals surface area contributed by atoms with Gasteiger partial charge in [0.05, 0.1) is 25.0 Å². The maximum absolute atomic E-state index is 12.8. The molecule has 0 atom stereocenters. The minimum Gasteiger partial charge on any atom is -0.733 e. The molecule has 9 heteroatoms. The van der Waals surface area contributed by atoms with Crippen LogP contribution in [0.4, 0.5) is 5.69 Å². The minimum absolute atomic E-state index is 0.0264. The number of hydrogen-bond donors (Lipinski definition) is 1. The fourth-order valence-corrected chi connectivity index (χ4v) is 3.38. The quantitative estimate of drug-likeness (QED) is 0.224. The van der Waals surface area contributed by atoms with E-state index in [-0.39, 0.29) is 34.4 Å². The number of anilines is 1. The van der Waals surface area contributed by atoms with Gasteiger partial charge in [-0.25, -0.2) is 9.59 Å². The lowest BCUT2D eigenvalue weighted by molar-refractivity contribution is 0.0528. The average Bonchev–Trinajstić information content (AvgIpc) is 3.23. The molecule has 0 amide bonds. The number of furan rings is 1. The van der Waals surface area contributed by atoms with Crippen LogP contribution in [0.3, 0.4) is 0 Å². The van der Waals surface area contributed by atoms with E-state index in [4.69, 9.17) is 23.8 Å². The van der Waals surface area contributed by atoms with Crippen molar-refractivity contribution in [1.82, 2.24) is 0 Å². The number of carbonyl (C=O) groups excluding carboxylic acids is 2. The number of benzene rings is 3. The van der Waals surface area contributed by atoms with Crippen molar-refractivity contribution in [2.75, 3.05) is 18.9 Å². The SMILES string of the molecule is CCOC(=O)c1c(-c2ccc(OC)cc2)oc2ccc(OC(=O)c3ccc(N([O-])O)cc3)cc12. The predicted molar refractivity (Wildman–Crippen MR) is 123 cm³/mol. The van der Waals surface area contributed by atoms with Crippen molar-refractivity contribution in [2.45, 2.75) is 6.92 Å². The summed E-state index contributed by atoms with van der Waals surface area (Å²) in [5, 5.41) is 19.9. The van der Waals surface area contributed by atoms with Gasteiger partial charge in [0.2, 0.25) is 0 Å². The van der Waals surface area contributed by atoms with Gasteiger partial charge >= 0.3 is 11.9 Å². The van der Waals surface area contributed by atoms with Gasteiger partial charge in [-0.15, -0.1) is 0 Å². The Morgan fingerprint density at radius 3 is 2.26 bits per heavy atom. The van der Waals surface area contributed by atoms with E-state index >= 15 is 0 Å². The maximum atomic E-state index is 12.8. The summed E-state index contributed by atoms with van der Waals surface area (Å²) in [4.78, 5) is 25.4. The number of methoxy groups -OCH3 is 1. The molecule has 0 aliphatic heterocycles. The zero-order valence-electron chi connectivity index (χ0n) is 18.3. The van der Waals surface area contributed by atoms with Crippen LogP contribution in [0.2, 0.25) is 0 Å². The Balaban J connectivity index is 1.70. The van der Waals surface area contributed by atoms with Gasteiger partial charge in [-0.3, -0.25) is 5.21 Å². The molecule has 4 rings (SSSR count). The fraction of sp³-hybridized carbons (Fsp3) is 0.120. The molecule has 174 valence electrons. The molecule has 0 fully saturated rings. The molecule has 3 aromatic carbocycles. The molecule has 0 unspecified atom stereocenters. The van der Waals surface area contributed by atoms with Crippen molar-refractivity contribution in [3.8, 4) is 22.8 Å². The summed E-state index contributed by atoms with van der Waals surface area (Å²) in [6.45, 7) is 1.88. The number of hydrogen-bond acceptors (Lipinski definition) is 9. The number of fused-ring (bicyclic) bond motifs is 1. The van der Waals surface area contributed by atoms with Crippen LogP contribution in [0.15, 0.2) is 71.1 Å². The predicted octanol–water partition coefficient (Wildman–Crippen LogP) is 5.20. The van der Waals surface area contributed by atoms with Crippen molar-refractivity contribution < 1.29 is 33.4 Å². The van der Waals surface area contributed by atoms with E-state index in [1.165, 1.54) is 36.4 Å². The van der Waals surface area contributed by atoms with Gasteiger partial charge in [0, 0.05) is 10.9 Å². The second-order valence-electron chi connectivity index (χ2n) is 7.12. The lowest BCUT2D eigenvalue weighted by atomic mass is 10.1. The number of esters is 2. The van der Waals surface area contributed by atoms with Crippen LogP contribution in [-0.4, -0.2) is 30.9 Å². The summed E-state index contributed by atoms with van der Waals surface area (Å²) in [7, 11) is 1.56. The van der Waals surface area contributed by atoms with Gasteiger partial charge in [-0.05, 0) is 73.7 Å². The summed E-state index contributed by atoms with van der Waals surface area (Å²) in [5.74, 6) is -0.0972. The van der Waals surface area contributed by atoms with Crippen molar-refractivity contribution in [3.05, 3.63) is 83.1 Å². The van der Waals surface area contributed by atoms with Gasteiger partial charge in [0.1, 0.15) is 28.4 Å². The first kappa shape index (κ1) is 22.8. The van der Waals surface area contributed by atoms with Crippen molar-refractivity contribution in [3.63, 3.8) is 0 Å². The third kappa shape index (κ3) is 4.56. The molecule has 4 aromatic rings. The normalized spacial score (nSPS) is 10.7. The highest BCUT2D eigenvalue weighted by molar-refractivity contribution is 6.09. The van der Waals surface area contributed by atoms with Crippen molar-refractivity contribution >= 4 is 28.6 Å². The standard InChI is InChI=1S/C25H20NO8/c1-3-32-25(28)22-20-14-19(33-24(27)16-4-8-17(9-5-16)26(29)30)12-13-21(20)34-23(22)15-6-10-18(31-2)11-7-15/h4-14,29H,3H2,1-2H3/q-1. The Labute approximate surface area is 194 Å². The summed E-state index contributed by atoms with van der Waals surface area (Å²) >= 11 is 0. The third-order valence-corrected chi connectivity index (χ3v) is 5.03. The lowest BCUT2D eigenvalue weighted by Gasteiger charge is -2.21. The monoisotopic (exact) mass is 462 g/mol. The molecule has 0 saturated carbocycles. The molecule has 0 saturated heterocycles. The Kier molecular flexibility index (Phi) is 6.48. The first-order valence-corrected chi connectivity index (χ1v) is 10.3. The molecule has 1 N–H and O–H groups in total. The molecule has 0 spiro atoms. The first-order valence-electron chi connectivity index (χ1n) is 10.3. The number of carbonyl (C=O) groups is 2. The van der Waals surface area contributed by atoms with Gasteiger partial charge in [0.15, 0.2) is 0 Å². The minimum atomic E-state index is -0.683. The molecule has 0 aliphatic carbocycles. The first-order chi connectivity index (χ1) is 16.4. The van der Waals surface area contributed by atoms with Crippen LogP contribution < -0.4 is 14.7 Å². The Hall–Kier alpha value is -4.34. The summed E-state index contributed by atoms with van der Waals surface area (Å²) < 4.78 is 21.8. The Bertz CT molecular complexity index is 1320. The highest BCUT2D eigenvalue weighted by Crippen LogP contribution is 2.36. The molecule has 9 nitrogen and oxygen atoms in total. The van der Waals surface area contributed by atoms with E-state index in [9.17, 15) is 14.8 Å². The summed E-state index contributed by atoms with van der Waals surface area (Å²) in [6.07, 6.45) is 0. The maximum Gasteiger partial charge on any atom is 0.343 e. The largest absolute Gasteiger partial charge is 0.733 e. The molecular weight excluding hydrogens is 442 g/mol. The van der Waals surface area contributed by atoms with E-state index in [0.29, 0.717) is 28.0 Å². The zero-order valence-corrected chi connectivity index (χ0v) is 18.3. The number of rotatable bonds is 7. The van der Waals surface area contributed by atoms with Crippen LogP contribution in [0.1, 0.15) is 27.6 Å². The zero-order chi connectivity index (χ0) is 24.2. The van der Waals surface area contributed by atoms with E-state index in [1.54, 1.807) is 44.4 Å².